The van der Waals surface area contributed by atoms with Gasteiger partial charge in [-0.15, -0.1) is 0 Å². The Hall–Kier alpha value is -4.82. The molecular formula is C47H48F18N8O2. The normalized spacial score (nSPS) is 29.9. The average molecular weight is 1100 g/mol. The molecule has 0 atom stereocenters. The van der Waals surface area contributed by atoms with Crippen molar-refractivity contribution in [3.63, 3.8) is 0 Å². The average Bonchev–Trinajstić information content (AvgIpc) is 3.41. The first-order valence-corrected chi connectivity index (χ1v) is 24.3. The van der Waals surface area contributed by atoms with Crippen LogP contribution < -0.4 is 19.3 Å². The first-order chi connectivity index (χ1) is 34.5. The summed E-state index contributed by atoms with van der Waals surface area (Å²) in [6, 6.07) is 3.81. The van der Waals surface area contributed by atoms with Gasteiger partial charge in [0.1, 0.15) is 11.6 Å². The van der Waals surface area contributed by atoms with E-state index in [0.717, 1.165) is 38.5 Å². The molecule has 12 rings (SSSR count). The zero-order valence-corrected chi connectivity index (χ0v) is 39.8. The predicted octanol–water partition coefficient (Wildman–Crippen LogP) is 13.0. The number of para-hydroxylation sites is 2. The summed E-state index contributed by atoms with van der Waals surface area (Å²) < 4.78 is 262. The Morgan fingerprint density at radius 1 is 0.440 bits per heavy atom. The highest BCUT2D eigenvalue weighted by Crippen LogP contribution is 2.63. The number of anilines is 4. The number of fused-ring (bicyclic) bond motifs is 1. The Balaban J connectivity index is 1.06. The van der Waals surface area contributed by atoms with Crippen LogP contribution in [-0.2, 0) is 10.8 Å². The number of ether oxygens (including phenoxy) is 2. The van der Waals surface area contributed by atoms with Crippen LogP contribution in [-0.4, -0.2) is 104 Å². The molecule has 8 fully saturated rings. The molecule has 2 aromatic heterocycles. The van der Waals surface area contributed by atoms with Crippen molar-refractivity contribution in [2.45, 2.75) is 150 Å². The van der Waals surface area contributed by atoms with Crippen molar-refractivity contribution in [2.75, 3.05) is 36.1 Å². The maximum atomic E-state index is 15.0. The monoisotopic (exact) mass is 1100 g/mol. The third-order valence-electron chi connectivity index (χ3n) is 16.5. The Labute approximate surface area is 415 Å². The first-order valence-electron chi connectivity index (χ1n) is 24.3. The van der Waals surface area contributed by atoms with E-state index in [4.69, 9.17) is 19.4 Å². The van der Waals surface area contributed by atoms with Crippen LogP contribution in [0.25, 0.3) is 0 Å². The molecule has 28 heteroatoms. The second-order valence-corrected chi connectivity index (χ2v) is 23.0. The third-order valence-corrected chi connectivity index (χ3v) is 16.5. The fourth-order valence-corrected chi connectivity index (χ4v) is 14.0. The van der Waals surface area contributed by atoms with E-state index >= 15 is 17.6 Å². The second kappa shape index (κ2) is 17.1. The standard InChI is InChI=1S/C47H48F18N8O2/c1-37(2)19-72(33-66-31(38-13-23-7-24(14-38)9-25(8-23)15-38)68-35(70-33)74-21-40(48,49)42(52,53)44(56,57)46(60,61)62)29-5-3-4-6-30(29)73(20-37)34-67-32(39-16-26-10-27(17-39)12-28(11-26)18-39)69-36(71-34)75-22-41(50,51)43(54,55)45(58,59)47(63,64)65/h3-6,23-28H,7-22H2,1-2H3. The largest absolute Gasteiger partial charge is 0.460 e. The number of aromatic nitrogens is 6. The van der Waals surface area contributed by atoms with Gasteiger partial charge in [-0.3, -0.25) is 0 Å². The van der Waals surface area contributed by atoms with Gasteiger partial charge in [0, 0.05) is 29.3 Å². The molecule has 0 saturated heterocycles. The zero-order chi connectivity index (χ0) is 54.5. The van der Waals surface area contributed by atoms with Gasteiger partial charge >= 0.3 is 59.9 Å². The molecule has 8 saturated carbocycles. The molecule has 3 aromatic rings. The van der Waals surface area contributed by atoms with Gasteiger partial charge in [-0.05, 0) is 125 Å². The van der Waals surface area contributed by atoms with E-state index in [2.05, 4.69) is 19.9 Å². The van der Waals surface area contributed by atoms with Crippen LogP contribution in [0.2, 0.25) is 0 Å². The third kappa shape index (κ3) is 8.82. The van der Waals surface area contributed by atoms with Crippen molar-refractivity contribution in [1.82, 2.24) is 29.9 Å². The number of rotatable bonds is 14. The van der Waals surface area contributed by atoms with Crippen LogP contribution in [0.3, 0.4) is 0 Å². The molecule has 8 aliphatic carbocycles. The lowest BCUT2D eigenvalue weighted by molar-refractivity contribution is -0.398. The lowest BCUT2D eigenvalue weighted by Crippen LogP contribution is -2.62. The summed E-state index contributed by atoms with van der Waals surface area (Å²) in [5.74, 6) is -40.5. The van der Waals surface area contributed by atoms with Crippen molar-refractivity contribution >= 4 is 23.3 Å². The molecule has 0 spiro atoms. The van der Waals surface area contributed by atoms with Gasteiger partial charge in [0.05, 0.1) is 11.4 Å². The summed E-state index contributed by atoms with van der Waals surface area (Å²) in [4.78, 5) is 29.4. The molecule has 9 aliphatic rings. The van der Waals surface area contributed by atoms with Gasteiger partial charge < -0.3 is 19.3 Å². The summed E-state index contributed by atoms with van der Waals surface area (Å²) in [5, 5.41) is 0. The molecular weight excluding hydrogens is 1050 g/mol. The van der Waals surface area contributed by atoms with Crippen molar-refractivity contribution in [3.05, 3.63) is 35.9 Å². The Kier molecular flexibility index (Phi) is 12.2. The van der Waals surface area contributed by atoms with Crippen LogP contribution in [0.15, 0.2) is 24.3 Å². The van der Waals surface area contributed by atoms with Crippen molar-refractivity contribution in [1.29, 1.82) is 0 Å². The van der Waals surface area contributed by atoms with Crippen LogP contribution in [0, 0.1) is 40.9 Å². The lowest BCUT2D eigenvalue weighted by atomic mass is 9.49. The van der Waals surface area contributed by atoms with Crippen LogP contribution in [0.5, 0.6) is 12.0 Å². The van der Waals surface area contributed by atoms with Crippen LogP contribution in [0.4, 0.5) is 102 Å². The number of hydrogen-bond donors (Lipinski definition) is 0. The van der Waals surface area contributed by atoms with E-state index in [1.54, 1.807) is 13.8 Å². The van der Waals surface area contributed by atoms with Crippen LogP contribution in [0.1, 0.15) is 103 Å². The van der Waals surface area contributed by atoms with Crippen molar-refractivity contribution in [2.24, 2.45) is 40.9 Å². The molecule has 10 nitrogen and oxygen atoms in total. The van der Waals surface area contributed by atoms with Gasteiger partial charge in [0.25, 0.3) is 0 Å². The minimum absolute atomic E-state index is 0.0384. The minimum Gasteiger partial charge on any atom is -0.457 e. The maximum absolute atomic E-state index is 15.0. The van der Waals surface area contributed by atoms with E-state index in [1.807, 2.05) is 0 Å². The number of halogens is 18. The quantitative estimate of drug-likeness (QED) is 0.145. The number of hydrogen-bond acceptors (Lipinski definition) is 10. The van der Waals surface area contributed by atoms with E-state index in [9.17, 15) is 61.5 Å². The van der Waals surface area contributed by atoms with E-state index in [1.165, 1.54) is 34.1 Å². The summed E-state index contributed by atoms with van der Waals surface area (Å²) >= 11 is 0. The Morgan fingerprint density at radius 2 is 0.733 bits per heavy atom. The molecule has 8 bridgehead atoms. The van der Waals surface area contributed by atoms with Crippen molar-refractivity contribution in [3.8, 4) is 12.0 Å². The molecule has 75 heavy (non-hydrogen) atoms. The first kappa shape index (κ1) is 53.6. The molecule has 1 aromatic carbocycles. The molecule has 1 aliphatic heterocycles. The fraction of sp³-hybridized carbons (Fsp3) is 0.745. The fourth-order valence-electron chi connectivity index (χ4n) is 14.0. The van der Waals surface area contributed by atoms with Gasteiger partial charge in [-0.1, -0.05) is 26.0 Å². The summed E-state index contributed by atoms with van der Waals surface area (Å²) in [5.41, 5.74) is -2.52. The molecule has 0 N–H and O–H groups in total. The SMILES string of the molecule is CC1(C)CN(c2nc(OCC(F)(F)C(F)(F)C(F)(F)C(F)(F)F)nc(C34CC5CC(CC(C5)C3)C4)n2)c2ccccc2N(c2nc(OCC(F)(F)C(F)(F)C(F)(F)C(F)(F)F)nc(C34CC5CC(CC(C5)C3)C4)n2)C1. The number of nitrogens with zero attached hydrogens (tertiary/aromatic N) is 8. The Bertz CT molecular complexity index is 2430. The van der Waals surface area contributed by atoms with E-state index in [0.29, 0.717) is 38.5 Å². The summed E-state index contributed by atoms with van der Waals surface area (Å²) in [6.07, 6.45) is -5.99. The molecule has 0 unspecified atom stereocenters. The van der Waals surface area contributed by atoms with Crippen molar-refractivity contribution < 1.29 is 88.5 Å². The van der Waals surface area contributed by atoms with Gasteiger partial charge in [-0.2, -0.15) is 109 Å². The highest BCUT2D eigenvalue weighted by Gasteiger charge is 2.83. The summed E-state index contributed by atoms with van der Waals surface area (Å²) in [7, 11) is 0. The molecule has 0 amide bonds. The van der Waals surface area contributed by atoms with Crippen LogP contribution >= 0.6 is 0 Å². The van der Waals surface area contributed by atoms with Gasteiger partial charge in [-0.25, -0.2) is 0 Å². The highest BCUT2D eigenvalue weighted by molar-refractivity contribution is 5.80. The molecule has 0 radical (unpaired) electrons. The second-order valence-electron chi connectivity index (χ2n) is 23.0. The topological polar surface area (TPSA) is 102 Å². The zero-order valence-electron chi connectivity index (χ0n) is 39.8. The lowest BCUT2D eigenvalue weighted by Gasteiger charge is -2.56. The Morgan fingerprint density at radius 3 is 1.01 bits per heavy atom. The smallest absolute Gasteiger partial charge is 0.457 e. The van der Waals surface area contributed by atoms with Gasteiger partial charge in [0.15, 0.2) is 13.2 Å². The number of alkyl halides is 18. The predicted molar refractivity (Wildman–Crippen MR) is 226 cm³/mol. The molecule has 3 heterocycles. The highest BCUT2D eigenvalue weighted by atomic mass is 19.4. The maximum Gasteiger partial charge on any atom is 0.460 e. The molecule has 414 valence electrons. The minimum atomic E-state index is -7.20. The van der Waals surface area contributed by atoms with E-state index < -0.39 is 89.4 Å². The van der Waals surface area contributed by atoms with Gasteiger partial charge in [0.2, 0.25) is 11.9 Å². The number of benzene rings is 1. The summed E-state index contributed by atoms with van der Waals surface area (Å²) in [6.45, 7) is -2.42. The van der Waals surface area contributed by atoms with E-state index in [-0.39, 0.29) is 83.5 Å².